The molecule has 0 fully saturated rings. The van der Waals surface area contributed by atoms with Crippen molar-refractivity contribution in [2.24, 2.45) is 5.41 Å². The molecule has 0 atom stereocenters. The van der Waals surface area contributed by atoms with Gasteiger partial charge >= 0.3 is 0 Å². The Balaban J connectivity index is 2.90. The summed E-state index contributed by atoms with van der Waals surface area (Å²) in [5.74, 6) is 0. The van der Waals surface area contributed by atoms with Crippen LogP contribution in [0.5, 0.6) is 0 Å². The van der Waals surface area contributed by atoms with Crippen LogP contribution in [0, 0.1) is 5.41 Å². The smallest absolute Gasteiger partial charge is 0.0132 e. The molecule has 0 unspecified atom stereocenters. The molecule has 1 aliphatic carbocycles. The van der Waals surface area contributed by atoms with E-state index >= 15 is 0 Å². The number of allylic oxidation sites excluding steroid dienone is 8. The minimum absolute atomic E-state index is 0.242. The highest BCUT2D eigenvalue weighted by Crippen LogP contribution is 2.26. The second kappa shape index (κ2) is 3.57. The molecule has 0 aromatic carbocycles. The lowest BCUT2D eigenvalue weighted by Crippen LogP contribution is -2.07. The lowest BCUT2D eigenvalue weighted by atomic mass is 9.85. The van der Waals surface area contributed by atoms with E-state index in [0.717, 1.165) is 0 Å². The summed E-state index contributed by atoms with van der Waals surface area (Å²) in [7, 11) is 0. The normalized spacial score (nSPS) is 22.4. The van der Waals surface area contributed by atoms with Crippen molar-refractivity contribution in [1.29, 1.82) is 0 Å². The summed E-state index contributed by atoms with van der Waals surface area (Å²) in [4.78, 5) is 0. The van der Waals surface area contributed by atoms with Gasteiger partial charge in [0.2, 0.25) is 0 Å². The molecule has 0 radical (unpaired) electrons. The molecule has 64 valence electrons. The quantitative estimate of drug-likeness (QED) is 0.507. The standard InChI is InChI=1S/C12H16/c1-12(2,3)11-9-7-5-4-6-8-10-11/h4-10H,1-3H3/b5-4-,6-4?,7-5?,8-6-,9-7?,10-8?,11-9?,11-10?. The third kappa shape index (κ3) is 2.54. The minimum Gasteiger partial charge on any atom is -0.0623 e. The van der Waals surface area contributed by atoms with Gasteiger partial charge in [-0.25, -0.2) is 0 Å². The van der Waals surface area contributed by atoms with Crippen LogP contribution in [-0.4, -0.2) is 0 Å². The molecular formula is C12H16. The third-order valence-corrected chi connectivity index (χ3v) is 1.86. The van der Waals surface area contributed by atoms with Gasteiger partial charge in [-0.2, -0.15) is 0 Å². The average molecular weight is 160 g/mol. The molecular weight excluding hydrogens is 144 g/mol. The van der Waals surface area contributed by atoms with E-state index < -0.39 is 0 Å². The molecule has 0 aliphatic heterocycles. The second-order valence-corrected chi connectivity index (χ2v) is 4.00. The average Bonchev–Trinajstić information content (AvgIpc) is 1.81. The summed E-state index contributed by atoms with van der Waals surface area (Å²) >= 11 is 0. The van der Waals surface area contributed by atoms with Crippen LogP contribution < -0.4 is 0 Å². The SMILES string of the molecule is CC(C)(C)C1=C/C=C\C=C/C=C1. The highest BCUT2D eigenvalue weighted by molar-refractivity contribution is 5.34. The lowest BCUT2D eigenvalue weighted by Gasteiger charge is -2.19. The van der Waals surface area contributed by atoms with Gasteiger partial charge in [0.15, 0.2) is 0 Å². The van der Waals surface area contributed by atoms with Crippen LogP contribution in [-0.2, 0) is 0 Å². The van der Waals surface area contributed by atoms with Gasteiger partial charge in [-0.3, -0.25) is 0 Å². The maximum absolute atomic E-state index is 2.22. The molecule has 0 amide bonds. The largest absolute Gasteiger partial charge is 0.0623 e. The maximum atomic E-state index is 2.22. The summed E-state index contributed by atoms with van der Waals surface area (Å²) in [5.41, 5.74) is 1.61. The Hall–Kier alpha value is -1.04. The zero-order valence-electron chi connectivity index (χ0n) is 8.04. The number of rotatable bonds is 0. The second-order valence-electron chi connectivity index (χ2n) is 4.00. The van der Waals surface area contributed by atoms with E-state index in [-0.39, 0.29) is 5.41 Å². The van der Waals surface area contributed by atoms with E-state index in [1.54, 1.807) is 0 Å². The van der Waals surface area contributed by atoms with E-state index in [0.29, 0.717) is 0 Å². The molecule has 0 heterocycles. The summed E-state index contributed by atoms with van der Waals surface area (Å²) in [6, 6.07) is 0. The summed E-state index contributed by atoms with van der Waals surface area (Å²) in [6.45, 7) is 6.67. The van der Waals surface area contributed by atoms with Gasteiger partial charge in [0.05, 0.1) is 0 Å². The Morgan fingerprint density at radius 1 is 0.833 bits per heavy atom. The highest BCUT2D eigenvalue weighted by atomic mass is 14.2. The first kappa shape index (κ1) is 9.05. The fourth-order valence-electron chi connectivity index (χ4n) is 1.07. The Morgan fingerprint density at radius 2 is 1.42 bits per heavy atom. The van der Waals surface area contributed by atoms with Crippen molar-refractivity contribution in [2.45, 2.75) is 20.8 Å². The summed E-state index contributed by atoms with van der Waals surface area (Å²) in [5, 5.41) is 0. The zero-order chi connectivity index (χ0) is 9.03. The minimum atomic E-state index is 0.242. The molecule has 0 aromatic rings. The van der Waals surface area contributed by atoms with E-state index in [1.807, 2.05) is 6.08 Å². The van der Waals surface area contributed by atoms with Crippen LogP contribution in [0.4, 0.5) is 0 Å². The van der Waals surface area contributed by atoms with Gasteiger partial charge in [-0.05, 0) is 11.0 Å². The van der Waals surface area contributed by atoms with E-state index in [9.17, 15) is 0 Å². The molecule has 0 aromatic heterocycles. The van der Waals surface area contributed by atoms with E-state index in [4.69, 9.17) is 0 Å². The summed E-state index contributed by atoms with van der Waals surface area (Å²) in [6.07, 6.45) is 14.6. The van der Waals surface area contributed by atoms with Crippen molar-refractivity contribution >= 4 is 0 Å². The predicted octanol–water partition coefficient (Wildman–Crippen LogP) is 3.64. The van der Waals surface area contributed by atoms with Crippen LogP contribution >= 0.6 is 0 Å². The van der Waals surface area contributed by atoms with Crippen molar-refractivity contribution in [3.05, 3.63) is 48.1 Å². The Morgan fingerprint density at radius 3 is 2.08 bits per heavy atom. The maximum Gasteiger partial charge on any atom is -0.0132 e. The van der Waals surface area contributed by atoms with Gasteiger partial charge < -0.3 is 0 Å². The van der Waals surface area contributed by atoms with Crippen molar-refractivity contribution in [2.75, 3.05) is 0 Å². The molecule has 0 N–H and O–H groups in total. The molecule has 0 nitrogen and oxygen atoms in total. The van der Waals surface area contributed by atoms with Crippen LogP contribution in [0.3, 0.4) is 0 Å². The van der Waals surface area contributed by atoms with Gasteiger partial charge in [-0.1, -0.05) is 63.3 Å². The fourth-order valence-corrected chi connectivity index (χ4v) is 1.07. The number of hydrogen-bond acceptors (Lipinski definition) is 0. The fraction of sp³-hybridized carbons (Fsp3) is 0.333. The Bertz CT molecular complexity index is 254. The van der Waals surface area contributed by atoms with Crippen molar-refractivity contribution in [3.63, 3.8) is 0 Å². The third-order valence-electron chi connectivity index (χ3n) is 1.86. The molecule has 0 heteroatoms. The first-order valence-electron chi connectivity index (χ1n) is 4.33. The van der Waals surface area contributed by atoms with Gasteiger partial charge in [0, 0.05) is 0 Å². The molecule has 0 saturated carbocycles. The molecule has 0 spiro atoms. The van der Waals surface area contributed by atoms with Gasteiger partial charge in [-0.15, -0.1) is 0 Å². The van der Waals surface area contributed by atoms with Crippen molar-refractivity contribution in [3.8, 4) is 0 Å². The Kier molecular flexibility index (Phi) is 2.69. The molecule has 1 rings (SSSR count). The first-order valence-corrected chi connectivity index (χ1v) is 4.33. The topological polar surface area (TPSA) is 0 Å². The summed E-state index contributed by atoms with van der Waals surface area (Å²) < 4.78 is 0. The van der Waals surface area contributed by atoms with Crippen LogP contribution in [0.2, 0.25) is 0 Å². The molecule has 0 bridgehead atoms. The highest BCUT2D eigenvalue weighted by Gasteiger charge is 2.13. The van der Waals surface area contributed by atoms with E-state index in [2.05, 4.69) is 57.2 Å². The van der Waals surface area contributed by atoms with Crippen LogP contribution in [0.1, 0.15) is 20.8 Å². The van der Waals surface area contributed by atoms with E-state index in [1.165, 1.54) is 5.57 Å². The molecule has 0 saturated heterocycles. The van der Waals surface area contributed by atoms with Crippen molar-refractivity contribution in [1.82, 2.24) is 0 Å². The van der Waals surface area contributed by atoms with Crippen molar-refractivity contribution < 1.29 is 0 Å². The monoisotopic (exact) mass is 160 g/mol. The zero-order valence-corrected chi connectivity index (χ0v) is 8.04. The van der Waals surface area contributed by atoms with Crippen LogP contribution in [0.15, 0.2) is 48.1 Å². The van der Waals surface area contributed by atoms with Crippen LogP contribution in [0.25, 0.3) is 0 Å². The van der Waals surface area contributed by atoms with Gasteiger partial charge in [0.1, 0.15) is 0 Å². The number of hydrogen-bond donors (Lipinski definition) is 0. The molecule has 12 heavy (non-hydrogen) atoms. The predicted molar refractivity (Wildman–Crippen MR) is 55.0 cm³/mol. The first-order chi connectivity index (χ1) is 5.61. The van der Waals surface area contributed by atoms with Gasteiger partial charge in [0.25, 0.3) is 0 Å². The lowest BCUT2D eigenvalue weighted by molar-refractivity contribution is 0.517. The molecule has 1 aliphatic rings. The Labute approximate surface area is 75.0 Å².